The number of nitrogens with zero attached hydrogens (tertiary/aromatic N) is 2. The third kappa shape index (κ3) is 4.43. The second-order valence-corrected chi connectivity index (χ2v) is 6.12. The van der Waals surface area contributed by atoms with Gasteiger partial charge in [-0.2, -0.15) is 5.10 Å². The number of carbonyl (C=O) groups excluding carboxylic acids is 1. The first-order chi connectivity index (χ1) is 13.6. The molecule has 1 heterocycles. The van der Waals surface area contributed by atoms with Crippen LogP contribution in [-0.4, -0.2) is 37.0 Å². The molecule has 0 spiro atoms. The van der Waals surface area contributed by atoms with Gasteiger partial charge in [-0.1, -0.05) is 18.2 Å². The topological polar surface area (TPSA) is 74.6 Å². The maximum absolute atomic E-state index is 12.3. The summed E-state index contributed by atoms with van der Waals surface area (Å²) in [7, 11) is 4.67. The summed E-state index contributed by atoms with van der Waals surface area (Å²) in [5.74, 6) is 1.53. The molecule has 28 heavy (non-hydrogen) atoms. The van der Waals surface area contributed by atoms with E-state index >= 15 is 0 Å². The third-order valence-corrected chi connectivity index (χ3v) is 4.24. The Hall–Kier alpha value is -3.48. The highest BCUT2D eigenvalue weighted by Gasteiger charge is 2.14. The Labute approximate surface area is 163 Å². The van der Waals surface area contributed by atoms with Crippen LogP contribution in [0.2, 0.25) is 0 Å². The molecule has 2 aromatic carbocycles. The molecule has 0 saturated carbocycles. The van der Waals surface area contributed by atoms with Crippen molar-refractivity contribution in [1.82, 2.24) is 15.1 Å². The molecule has 3 rings (SSSR count). The number of hydrogen-bond acceptors (Lipinski definition) is 5. The normalized spacial score (nSPS) is 10.4. The Morgan fingerprint density at radius 1 is 1.00 bits per heavy atom. The highest BCUT2D eigenvalue weighted by Crippen LogP contribution is 2.38. The van der Waals surface area contributed by atoms with Crippen molar-refractivity contribution in [2.24, 2.45) is 0 Å². The summed E-state index contributed by atoms with van der Waals surface area (Å²) < 4.78 is 17.7. The van der Waals surface area contributed by atoms with Crippen molar-refractivity contribution in [1.29, 1.82) is 0 Å². The SMILES string of the molecule is COc1cc(CNC(=O)Cc2cnn(-c3ccccc3)c2)cc(OC)c1OC. The van der Waals surface area contributed by atoms with Crippen LogP contribution in [0.3, 0.4) is 0 Å². The molecule has 0 fully saturated rings. The number of nitrogens with one attached hydrogen (secondary N) is 1. The second kappa shape index (κ2) is 8.94. The molecule has 0 aliphatic heterocycles. The summed E-state index contributed by atoms with van der Waals surface area (Å²) in [6, 6.07) is 13.4. The maximum Gasteiger partial charge on any atom is 0.224 e. The minimum Gasteiger partial charge on any atom is -0.493 e. The molecular weight excluding hydrogens is 358 g/mol. The summed E-state index contributed by atoms with van der Waals surface area (Å²) >= 11 is 0. The van der Waals surface area contributed by atoms with Gasteiger partial charge in [0.2, 0.25) is 11.7 Å². The fourth-order valence-electron chi connectivity index (χ4n) is 2.86. The van der Waals surface area contributed by atoms with Crippen molar-refractivity contribution in [3.8, 4) is 22.9 Å². The van der Waals surface area contributed by atoms with Crippen molar-refractivity contribution in [3.05, 3.63) is 66.0 Å². The quantitative estimate of drug-likeness (QED) is 0.649. The minimum absolute atomic E-state index is 0.0960. The van der Waals surface area contributed by atoms with E-state index in [4.69, 9.17) is 14.2 Å². The first kappa shape index (κ1) is 19.3. The zero-order chi connectivity index (χ0) is 19.9. The summed E-state index contributed by atoms with van der Waals surface area (Å²) in [5.41, 5.74) is 2.64. The highest BCUT2D eigenvalue weighted by atomic mass is 16.5. The van der Waals surface area contributed by atoms with E-state index in [0.717, 1.165) is 16.8 Å². The lowest BCUT2D eigenvalue weighted by Crippen LogP contribution is -2.24. The number of amides is 1. The van der Waals surface area contributed by atoms with Crippen LogP contribution in [0, 0.1) is 0 Å². The molecule has 146 valence electrons. The van der Waals surface area contributed by atoms with E-state index in [1.54, 1.807) is 32.2 Å². The Bertz CT molecular complexity index is 913. The molecule has 1 aromatic heterocycles. The average molecular weight is 381 g/mol. The lowest BCUT2D eigenvalue weighted by Gasteiger charge is -2.14. The molecule has 0 saturated heterocycles. The van der Waals surface area contributed by atoms with Gasteiger partial charge in [-0.3, -0.25) is 4.79 Å². The average Bonchev–Trinajstić information content (AvgIpc) is 3.20. The number of methoxy groups -OCH3 is 3. The number of aromatic nitrogens is 2. The largest absolute Gasteiger partial charge is 0.493 e. The molecule has 0 unspecified atom stereocenters. The Morgan fingerprint density at radius 2 is 1.68 bits per heavy atom. The van der Waals surface area contributed by atoms with Gasteiger partial charge >= 0.3 is 0 Å². The molecule has 1 N–H and O–H groups in total. The van der Waals surface area contributed by atoms with E-state index in [2.05, 4.69) is 10.4 Å². The predicted octanol–water partition coefficient (Wildman–Crippen LogP) is 2.76. The van der Waals surface area contributed by atoms with E-state index in [0.29, 0.717) is 23.8 Å². The Kier molecular flexibility index (Phi) is 6.16. The van der Waals surface area contributed by atoms with Crippen molar-refractivity contribution in [2.75, 3.05) is 21.3 Å². The second-order valence-electron chi connectivity index (χ2n) is 6.12. The minimum atomic E-state index is -0.0960. The van der Waals surface area contributed by atoms with E-state index in [1.165, 1.54) is 0 Å². The van der Waals surface area contributed by atoms with Gasteiger partial charge in [0.1, 0.15) is 0 Å². The van der Waals surface area contributed by atoms with Crippen LogP contribution in [0.15, 0.2) is 54.9 Å². The summed E-state index contributed by atoms with van der Waals surface area (Å²) in [6.07, 6.45) is 3.80. The van der Waals surface area contributed by atoms with Crippen molar-refractivity contribution < 1.29 is 19.0 Å². The lowest BCUT2D eigenvalue weighted by molar-refractivity contribution is -0.120. The van der Waals surface area contributed by atoms with Crippen LogP contribution in [0.4, 0.5) is 0 Å². The van der Waals surface area contributed by atoms with E-state index in [9.17, 15) is 4.79 Å². The number of carbonyl (C=O) groups is 1. The van der Waals surface area contributed by atoms with Crippen molar-refractivity contribution in [2.45, 2.75) is 13.0 Å². The van der Waals surface area contributed by atoms with Gasteiger partial charge in [0, 0.05) is 12.7 Å². The summed E-state index contributed by atoms with van der Waals surface area (Å²) in [5, 5.41) is 7.22. The first-order valence-corrected chi connectivity index (χ1v) is 8.79. The van der Waals surface area contributed by atoms with Crippen LogP contribution >= 0.6 is 0 Å². The van der Waals surface area contributed by atoms with Crippen molar-refractivity contribution >= 4 is 5.91 Å². The Morgan fingerprint density at radius 3 is 2.29 bits per heavy atom. The molecule has 7 nitrogen and oxygen atoms in total. The van der Waals surface area contributed by atoms with Gasteiger partial charge in [0.25, 0.3) is 0 Å². The molecular formula is C21H23N3O4. The van der Waals surface area contributed by atoms with Crippen LogP contribution in [0.1, 0.15) is 11.1 Å². The molecule has 0 aliphatic carbocycles. The van der Waals surface area contributed by atoms with Gasteiger partial charge in [0.15, 0.2) is 11.5 Å². The molecule has 7 heteroatoms. The summed E-state index contributed by atoms with van der Waals surface area (Å²) in [4.78, 5) is 12.3. The number of ether oxygens (including phenoxy) is 3. The van der Waals surface area contributed by atoms with Gasteiger partial charge in [-0.05, 0) is 35.4 Å². The highest BCUT2D eigenvalue weighted by molar-refractivity contribution is 5.78. The zero-order valence-electron chi connectivity index (χ0n) is 16.1. The van der Waals surface area contributed by atoms with Crippen LogP contribution in [0.5, 0.6) is 17.2 Å². The van der Waals surface area contributed by atoms with Crippen LogP contribution in [0.25, 0.3) is 5.69 Å². The van der Waals surface area contributed by atoms with Crippen LogP contribution < -0.4 is 19.5 Å². The molecule has 0 bridgehead atoms. The van der Waals surface area contributed by atoms with Crippen molar-refractivity contribution in [3.63, 3.8) is 0 Å². The molecule has 0 atom stereocenters. The van der Waals surface area contributed by atoms with Gasteiger partial charge in [-0.15, -0.1) is 0 Å². The molecule has 0 aliphatic rings. The zero-order valence-corrected chi connectivity index (χ0v) is 16.1. The standard InChI is InChI=1S/C21H23N3O4/c1-26-18-9-15(10-19(27-2)21(18)28-3)12-22-20(25)11-16-13-23-24(14-16)17-7-5-4-6-8-17/h4-10,13-14H,11-12H2,1-3H3,(H,22,25). The molecule has 3 aromatic rings. The number of rotatable bonds is 8. The Balaban J connectivity index is 1.63. The number of para-hydroxylation sites is 1. The number of hydrogen-bond donors (Lipinski definition) is 1. The van der Waals surface area contributed by atoms with E-state index < -0.39 is 0 Å². The fraction of sp³-hybridized carbons (Fsp3) is 0.238. The smallest absolute Gasteiger partial charge is 0.224 e. The van der Waals surface area contributed by atoms with Gasteiger partial charge in [0.05, 0.1) is 39.6 Å². The fourth-order valence-corrected chi connectivity index (χ4v) is 2.86. The van der Waals surface area contributed by atoms with Crippen LogP contribution in [-0.2, 0) is 17.8 Å². The summed E-state index contributed by atoms with van der Waals surface area (Å²) in [6.45, 7) is 0.350. The predicted molar refractivity (Wildman–Crippen MR) is 105 cm³/mol. The maximum atomic E-state index is 12.3. The number of benzene rings is 2. The van der Waals surface area contributed by atoms with E-state index in [1.807, 2.05) is 48.7 Å². The third-order valence-electron chi connectivity index (χ3n) is 4.24. The van der Waals surface area contributed by atoms with Gasteiger partial charge < -0.3 is 19.5 Å². The molecule has 1 amide bonds. The first-order valence-electron chi connectivity index (χ1n) is 8.79. The van der Waals surface area contributed by atoms with Gasteiger partial charge in [-0.25, -0.2) is 4.68 Å². The monoisotopic (exact) mass is 381 g/mol. The molecule has 0 radical (unpaired) electrons. The lowest BCUT2D eigenvalue weighted by atomic mass is 10.1. The van der Waals surface area contributed by atoms with E-state index in [-0.39, 0.29) is 12.3 Å².